The Kier molecular flexibility index (Phi) is 4.14. The molecule has 4 nitrogen and oxygen atoms in total. The third-order valence-electron chi connectivity index (χ3n) is 1.57. The lowest BCUT2D eigenvalue weighted by Crippen LogP contribution is -2.28. The molecule has 0 aromatic carbocycles. The Morgan fingerprint density at radius 2 is 2.20 bits per heavy atom. The van der Waals surface area contributed by atoms with E-state index >= 15 is 0 Å². The summed E-state index contributed by atoms with van der Waals surface area (Å²) in [4.78, 5) is 0.0902. The van der Waals surface area contributed by atoms with Crippen LogP contribution in [0.1, 0.15) is 4.88 Å². The molecule has 0 fully saturated rings. The van der Waals surface area contributed by atoms with Crippen LogP contribution in [0.5, 0.6) is 0 Å². The van der Waals surface area contributed by atoms with Gasteiger partial charge in [0, 0.05) is 4.88 Å². The minimum atomic E-state index is -3.93. The molecule has 0 saturated carbocycles. The number of aliphatic hydroxyl groups is 1. The Bertz CT molecular complexity index is 416. The summed E-state index contributed by atoms with van der Waals surface area (Å²) in [5.41, 5.74) is 0. The van der Waals surface area contributed by atoms with Crippen LogP contribution in [-0.4, -0.2) is 26.5 Å². The van der Waals surface area contributed by atoms with E-state index < -0.39 is 29.6 Å². The summed E-state index contributed by atoms with van der Waals surface area (Å²) in [6, 6.07) is 1.27. The third kappa shape index (κ3) is 3.20. The molecule has 0 aliphatic carbocycles. The monoisotopic (exact) mass is 257 g/mol. The molecule has 8 heteroatoms. The zero-order valence-corrected chi connectivity index (χ0v) is 9.12. The van der Waals surface area contributed by atoms with Gasteiger partial charge < -0.3 is 5.11 Å². The lowest BCUT2D eigenvalue weighted by Gasteiger charge is -2.05. The SMILES string of the molecule is O=S(=O)(NCC(F)F)c1ccsc1CO. The molecule has 86 valence electrons. The van der Waals surface area contributed by atoms with E-state index in [1.165, 1.54) is 11.4 Å². The van der Waals surface area contributed by atoms with Crippen molar-refractivity contribution >= 4 is 21.4 Å². The van der Waals surface area contributed by atoms with Crippen LogP contribution in [0.4, 0.5) is 8.78 Å². The summed E-state index contributed by atoms with van der Waals surface area (Å²) >= 11 is 1.05. The van der Waals surface area contributed by atoms with Gasteiger partial charge in [-0.2, -0.15) is 0 Å². The number of nitrogens with one attached hydrogen (secondary N) is 1. The maximum absolute atomic E-state index is 11.8. The minimum absolute atomic E-state index is 0.143. The molecular weight excluding hydrogens is 248 g/mol. The van der Waals surface area contributed by atoms with Gasteiger partial charge in [-0.1, -0.05) is 0 Å². The first-order valence-electron chi connectivity index (χ1n) is 3.92. The molecule has 0 radical (unpaired) electrons. The molecule has 0 spiro atoms. The molecule has 0 saturated heterocycles. The van der Waals surface area contributed by atoms with E-state index in [2.05, 4.69) is 0 Å². The minimum Gasteiger partial charge on any atom is -0.391 e. The van der Waals surface area contributed by atoms with E-state index in [1.807, 2.05) is 0 Å². The standard InChI is InChI=1S/C7H9F2NO3S2/c8-7(9)3-10-15(12,13)6-1-2-14-5(6)4-11/h1-2,7,10-11H,3-4H2. The van der Waals surface area contributed by atoms with Crippen molar-refractivity contribution in [2.24, 2.45) is 0 Å². The molecule has 0 amide bonds. The number of halogens is 2. The Morgan fingerprint density at radius 1 is 1.53 bits per heavy atom. The van der Waals surface area contributed by atoms with Crippen molar-refractivity contribution in [1.29, 1.82) is 0 Å². The summed E-state index contributed by atoms with van der Waals surface area (Å²) in [6.45, 7) is -1.36. The van der Waals surface area contributed by atoms with Crippen LogP contribution in [0.2, 0.25) is 0 Å². The second kappa shape index (κ2) is 4.97. The first-order valence-corrected chi connectivity index (χ1v) is 6.28. The first kappa shape index (κ1) is 12.5. The molecule has 1 aromatic rings. The topological polar surface area (TPSA) is 66.4 Å². The van der Waals surface area contributed by atoms with E-state index in [-0.39, 0.29) is 9.77 Å². The molecule has 0 atom stereocenters. The van der Waals surface area contributed by atoms with Crippen LogP contribution >= 0.6 is 11.3 Å². The third-order valence-corrected chi connectivity index (χ3v) is 4.11. The highest BCUT2D eigenvalue weighted by atomic mass is 32.2. The number of hydrogen-bond acceptors (Lipinski definition) is 4. The molecule has 0 bridgehead atoms. The Balaban J connectivity index is 2.86. The van der Waals surface area contributed by atoms with Gasteiger partial charge >= 0.3 is 0 Å². The Hall–Kier alpha value is -0.570. The zero-order chi connectivity index (χ0) is 11.5. The smallest absolute Gasteiger partial charge is 0.251 e. The predicted molar refractivity (Wildman–Crippen MR) is 51.4 cm³/mol. The van der Waals surface area contributed by atoms with Crippen molar-refractivity contribution in [3.63, 3.8) is 0 Å². The fraction of sp³-hybridized carbons (Fsp3) is 0.429. The number of thiophene rings is 1. The molecule has 0 unspecified atom stereocenters. The van der Waals surface area contributed by atoms with Crippen molar-refractivity contribution in [3.8, 4) is 0 Å². The highest BCUT2D eigenvalue weighted by molar-refractivity contribution is 7.89. The van der Waals surface area contributed by atoms with E-state index in [0.717, 1.165) is 11.3 Å². The summed E-state index contributed by atoms with van der Waals surface area (Å²) in [5.74, 6) is 0. The van der Waals surface area contributed by atoms with Crippen LogP contribution < -0.4 is 4.72 Å². The maximum Gasteiger partial charge on any atom is 0.251 e. The second-order valence-corrected chi connectivity index (χ2v) is 5.35. The molecule has 1 rings (SSSR count). The summed E-state index contributed by atoms with van der Waals surface area (Å²) in [7, 11) is -3.93. The number of rotatable bonds is 5. The molecule has 2 N–H and O–H groups in total. The highest BCUT2D eigenvalue weighted by Crippen LogP contribution is 2.21. The summed E-state index contributed by atoms with van der Waals surface area (Å²) < 4.78 is 48.2. The van der Waals surface area contributed by atoms with E-state index in [0.29, 0.717) is 0 Å². The number of hydrogen-bond donors (Lipinski definition) is 2. The van der Waals surface area contributed by atoms with Gasteiger partial charge in [0.1, 0.15) is 0 Å². The lowest BCUT2D eigenvalue weighted by atomic mass is 10.5. The van der Waals surface area contributed by atoms with Crippen LogP contribution in [-0.2, 0) is 16.6 Å². The molecule has 1 aromatic heterocycles. The van der Waals surface area contributed by atoms with Crippen molar-refractivity contribution in [3.05, 3.63) is 16.3 Å². The second-order valence-electron chi connectivity index (χ2n) is 2.61. The largest absolute Gasteiger partial charge is 0.391 e. The van der Waals surface area contributed by atoms with E-state index in [4.69, 9.17) is 5.11 Å². The van der Waals surface area contributed by atoms with Gasteiger partial charge in [-0.15, -0.1) is 11.3 Å². The van der Waals surface area contributed by atoms with Crippen LogP contribution in [0, 0.1) is 0 Å². The molecular formula is C7H9F2NO3S2. The summed E-state index contributed by atoms with van der Waals surface area (Å²) in [6.07, 6.45) is -2.74. The normalized spacial score (nSPS) is 12.3. The Labute approximate surface area is 89.6 Å². The van der Waals surface area contributed by atoms with Gasteiger partial charge in [-0.05, 0) is 11.4 Å². The summed E-state index contributed by atoms with van der Waals surface area (Å²) in [5, 5.41) is 10.3. The fourth-order valence-electron chi connectivity index (χ4n) is 0.934. The van der Waals surface area contributed by atoms with Gasteiger partial charge in [0.25, 0.3) is 6.43 Å². The van der Waals surface area contributed by atoms with Crippen molar-refractivity contribution in [1.82, 2.24) is 4.72 Å². The fourth-order valence-corrected chi connectivity index (χ4v) is 3.23. The van der Waals surface area contributed by atoms with Gasteiger partial charge in [-0.25, -0.2) is 21.9 Å². The van der Waals surface area contributed by atoms with Gasteiger partial charge in [0.2, 0.25) is 10.0 Å². The van der Waals surface area contributed by atoms with E-state index in [1.54, 1.807) is 4.72 Å². The van der Waals surface area contributed by atoms with Gasteiger partial charge in [0.05, 0.1) is 18.0 Å². The first-order chi connectivity index (χ1) is 6.97. The van der Waals surface area contributed by atoms with Crippen molar-refractivity contribution in [2.45, 2.75) is 17.9 Å². The number of sulfonamides is 1. The Morgan fingerprint density at radius 3 is 2.73 bits per heavy atom. The molecule has 0 aliphatic heterocycles. The zero-order valence-electron chi connectivity index (χ0n) is 7.48. The molecule has 1 heterocycles. The maximum atomic E-state index is 11.8. The van der Waals surface area contributed by atoms with E-state index in [9.17, 15) is 17.2 Å². The molecule has 0 aliphatic rings. The number of aliphatic hydroxyl groups excluding tert-OH is 1. The quantitative estimate of drug-likeness (QED) is 0.819. The average molecular weight is 257 g/mol. The highest BCUT2D eigenvalue weighted by Gasteiger charge is 2.20. The van der Waals surface area contributed by atoms with Crippen molar-refractivity contribution in [2.75, 3.05) is 6.54 Å². The van der Waals surface area contributed by atoms with Gasteiger partial charge in [-0.3, -0.25) is 0 Å². The van der Waals surface area contributed by atoms with Crippen LogP contribution in [0.15, 0.2) is 16.3 Å². The number of alkyl halides is 2. The van der Waals surface area contributed by atoms with Crippen molar-refractivity contribution < 1.29 is 22.3 Å². The van der Waals surface area contributed by atoms with Gasteiger partial charge in [0.15, 0.2) is 0 Å². The van der Waals surface area contributed by atoms with Crippen LogP contribution in [0.3, 0.4) is 0 Å². The average Bonchev–Trinajstić information content (AvgIpc) is 2.63. The molecule has 15 heavy (non-hydrogen) atoms. The van der Waals surface area contributed by atoms with Crippen LogP contribution in [0.25, 0.3) is 0 Å². The predicted octanol–water partition coefficient (Wildman–Crippen LogP) is 0.784. The lowest BCUT2D eigenvalue weighted by molar-refractivity contribution is 0.153.